The first-order valence-corrected chi connectivity index (χ1v) is 13.6. The van der Waals surface area contributed by atoms with Crippen molar-refractivity contribution in [3.63, 3.8) is 0 Å². The van der Waals surface area contributed by atoms with Crippen LogP contribution in [0.15, 0.2) is 77.7 Å². The van der Waals surface area contributed by atoms with Crippen molar-refractivity contribution in [1.29, 1.82) is 0 Å². The normalized spacial score (nSPS) is 14.4. The minimum absolute atomic E-state index is 0.0340. The molecule has 0 unspecified atom stereocenters. The first-order chi connectivity index (χ1) is 16.8. The van der Waals surface area contributed by atoms with Crippen molar-refractivity contribution in [3.8, 4) is 0 Å². The molecule has 0 bridgehead atoms. The van der Waals surface area contributed by atoms with Crippen LogP contribution in [0.3, 0.4) is 0 Å². The number of para-hydroxylation sites is 1. The van der Waals surface area contributed by atoms with Gasteiger partial charge in [0.25, 0.3) is 0 Å². The molecule has 35 heavy (non-hydrogen) atoms. The number of hydrogen-bond donors (Lipinski definition) is 0. The van der Waals surface area contributed by atoms with E-state index in [0.717, 1.165) is 9.99 Å². The second kappa shape index (κ2) is 11.2. The van der Waals surface area contributed by atoms with Gasteiger partial charge in [0.05, 0.1) is 11.4 Å². The Morgan fingerprint density at radius 1 is 0.800 bits per heavy atom. The molecule has 1 fully saturated rings. The highest BCUT2D eigenvalue weighted by atomic mass is 35.5. The van der Waals surface area contributed by atoms with E-state index >= 15 is 0 Å². The highest BCUT2D eigenvalue weighted by molar-refractivity contribution is 7.89. The molecule has 3 aromatic rings. The number of piperazine rings is 1. The van der Waals surface area contributed by atoms with Crippen LogP contribution in [0.4, 0.5) is 5.69 Å². The van der Waals surface area contributed by atoms with Gasteiger partial charge in [0.2, 0.25) is 15.9 Å². The smallest absolute Gasteiger partial charge is 0.243 e. The van der Waals surface area contributed by atoms with Gasteiger partial charge in [-0.2, -0.15) is 4.31 Å². The minimum Gasteiger partial charge on any atom is -0.368 e. The van der Waals surface area contributed by atoms with Gasteiger partial charge in [0.15, 0.2) is 0 Å². The third-order valence-corrected chi connectivity index (χ3v) is 8.68. The Balaban J connectivity index is 1.54. The number of anilines is 1. The summed E-state index contributed by atoms with van der Waals surface area (Å²) in [6, 6.07) is 20.8. The minimum atomic E-state index is -4.04. The van der Waals surface area contributed by atoms with Gasteiger partial charge < -0.3 is 9.80 Å². The fourth-order valence-corrected chi connectivity index (χ4v) is 5.95. The number of halogens is 3. The van der Waals surface area contributed by atoms with Gasteiger partial charge in [0.1, 0.15) is 0 Å². The largest absolute Gasteiger partial charge is 0.368 e. The number of sulfonamides is 1. The van der Waals surface area contributed by atoms with E-state index in [2.05, 4.69) is 4.90 Å². The van der Waals surface area contributed by atoms with E-state index < -0.39 is 10.0 Å². The molecule has 184 valence electrons. The summed E-state index contributed by atoms with van der Waals surface area (Å²) < 4.78 is 28.2. The molecule has 1 aliphatic heterocycles. The zero-order valence-corrected chi connectivity index (χ0v) is 21.9. The average Bonchev–Trinajstić information content (AvgIpc) is 2.86. The molecular formula is C25H24Cl3N3O3S. The molecule has 0 N–H and O–H groups in total. The Hall–Kier alpha value is -2.29. The Morgan fingerprint density at radius 3 is 2.00 bits per heavy atom. The van der Waals surface area contributed by atoms with Crippen molar-refractivity contribution in [3.05, 3.63) is 93.4 Å². The second-order valence-corrected chi connectivity index (χ2v) is 11.3. The van der Waals surface area contributed by atoms with E-state index in [1.54, 1.807) is 23.1 Å². The Bertz CT molecular complexity index is 1260. The summed E-state index contributed by atoms with van der Waals surface area (Å²) in [4.78, 5) is 17.2. The number of nitrogens with zero attached hydrogens (tertiary/aromatic N) is 3. The first-order valence-electron chi connectivity index (χ1n) is 11.0. The summed E-state index contributed by atoms with van der Waals surface area (Å²) in [5, 5.41) is 1.08. The van der Waals surface area contributed by atoms with Gasteiger partial charge in [-0.15, -0.1) is 0 Å². The molecule has 3 aromatic carbocycles. The van der Waals surface area contributed by atoms with E-state index in [-0.39, 0.29) is 23.9 Å². The number of carbonyl (C=O) groups excluding carboxylic acids is 1. The molecule has 0 aliphatic carbocycles. The maximum absolute atomic E-state index is 13.5. The van der Waals surface area contributed by atoms with E-state index in [4.69, 9.17) is 34.8 Å². The summed E-state index contributed by atoms with van der Waals surface area (Å²) in [6.07, 6.45) is 0. The van der Waals surface area contributed by atoms with Gasteiger partial charge in [-0.1, -0.05) is 59.1 Å². The quantitative estimate of drug-likeness (QED) is 0.405. The summed E-state index contributed by atoms with van der Waals surface area (Å²) in [5.74, 6) is -0.279. The lowest BCUT2D eigenvalue weighted by Gasteiger charge is -2.37. The van der Waals surface area contributed by atoms with E-state index in [1.165, 1.54) is 24.3 Å². The molecule has 0 radical (unpaired) electrons. The van der Waals surface area contributed by atoms with Gasteiger partial charge >= 0.3 is 0 Å². The molecule has 6 nitrogen and oxygen atoms in total. The lowest BCUT2D eigenvalue weighted by molar-refractivity contribution is -0.131. The summed E-state index contributed by atoms with van der Waals surface area (Å²) in [6.45, 7) is 1.84. The molecule has 0 spiro atoms. The monoisotopic (exact) mass is 551 g/mol. The summed E-state index contributed by atoms with van der Waals surface area (Å²) in [5.41, 5.74) is 1.54. The number of hydrogen-bond acceptors (Lipinski definition) is 4. The average molecular weight is 553 g/mol. The first kappa shape index (κ1) is 25.8. The SMILES string of the molecule is O=C(CN(Cc1c(Cl)cccc1Cl)S(=O)(=O)c1ccc(Cl)cc1)N1CCN(c2ccccc2)CC1. The molecule has 0 saturated carbocycles. The third kappa shape index (κ3) is 6.11. The molecule has 10 heteroatoms. The molecule has 1 heterocycles. The molecule has 1 amide bonds. The van der Waals surface area contributed by atoms with E-state index in [9.17, 15) is 13.2 Å². The summed E-state index contributed by atoms with van der Waals surface area (Å²) in [7, 11) is -4.04. The van der Waals surface area contributed by atoms with Gasteiger partial charge in [-0.05, 0) is 48.5 Å². The van der Waals surface area contributed by atoms with Crippen LogP contribution in [-0.4, -0.2) is 56.3 Å². The van der Waals surface area contributed by atoms with Crippen LogP contribution in [0.2, 0.25) is 15.1 Å². The molecule has 1 aliphatic rings. The van der Waals surface area contributed by atoms with Crippen LogP contribution in [0.1, 0.15) is 5.56 Å². The standard InChI is InChI=1S/C25H24Cl3N3O3S/c26-19-9-11-21(12-10-19)35(33,34)31(17-22-23(27)7-4-8-24(22)28)18-25(32)30-15-13-29(14-16-30)20-5-2-1-3-6-20/h1-12H,13-18H2. The van der Waals surface area contributed by atoms with Crippen LogP contribution in [0.25, 0.3) is 0 Å². The number of amides is 1. The predicted octanol–water partition coefficient (Wildman–Crippen LogP) is 5.19. The highest BCUT2D eigenvalue weighted by Crippen LogP contribution is 2.29. The fourth-order valence-electron chi connectivity index (χ4n) is 3.94. The van der Waals surface area contributed by atoms with Crippen molar-refractivity contribution in [2.75, 3.05) is 37.6 Å². The zero-order valence-electron chi connectivity index (χ0n) is 18.8. The molecule has 0 aromatic heterocycles. The maximum Gasteiger partial charge on any atom is 0.243 e. The summed E-state index contributed by atoms with van der Waals surface area (Å²) >= 11 is 18.6. The van der Waals surface area contributed by atoms with Crippen LogP contribution < -0.4 is 4.90 Å². The fraction of sp³-hybridized carbons (Fsp3) is 0.240. The van der Waals surface area contributed by atoms with Gasteiger partial charge in [-0.3, -0.25) is 4.79 Å². The number of benzene rings is 3. The third-order valence-electron chi connectivity index (χ3n) is 5.91. The van der Waals surface area contributed by atoms with Crippen LogP contribution in [0, 0.1) is 0 Å². The van der Waals surface area contributed by atoms with Gasteiger partial charge in [-0.25, -0.2) is 8.42 Å². The number of rotatable bonds is 7. The zero-order chi connectivity index (χ0) is 25.0. The van der Waals surface area contributed by atoms with Crippen molar-refractivity contribution in [2.24, 2.45) is 0 Å². The Morgan fingerprint density at radius 2 is 1.40 bits per heavy atom. The van der Waals surface area contributed by atoms with E-state index in [0.29, 0.717) is 46.8 Å². The lowest BCUT2D eigenvalue weighted by Crippen LogP contribution is -2.51. The van der Waals surface area contributed by atoms with Crippen molar-refractivity contribution in [1.82, 2.24) is 9.21 Å². The molecule has 0 atom stereocenters. The Labute approximate surface area is 220 Å². The molecule has 1 saturated heterocycles. The Kier molecular flexibility index (Phi) is 8.24. The topological polar surface area (TPSA) is 60.9 Å². The van der Waals surface area contributed by atoms with Crippen molar-refractivity contribution >= 4 is 56.4 Å². The predicted molar refractivity (Wildman–Crippen MR) is 141 cm³/mol. The molecular weight excluding hydrogens is 529 g/mol. The van der Waals surface area contributed by atoms with Crippen LogP contribution in [0.5, 0.6) is 0 Å². The number of carbonyl (C=O) groups is 1. The lowest BCUT2D eigenvalue weighted by atomic mass is 10.2. The molecule has 4 rings (SSSR count). The van der Waals surface area contributed by atoms with Crippen LogP contribution in [-0.2, 0) is 21.4 Å². The highest BCUT2D eigenvalue weighted by Gasteiger charge is 2.31. The van der Waals surface area contributed by atoms with Crippen LogP contribution >= 0.6 is 34.8 Å². The van der Waals surface area contributed by atoms with Crippen molar-refractivity contribution < 1.29 is 13.2 Å². The van der Waals surface area contributed by atoms with Crippen molar-refractivity contribution in [2.45, 2.75) is 11.4 Å². The second-order valence-electron chi connectivity index (χ2n) is 8.13. The van der Waals surface area contributed by atoms with E-state index in [1.807, 2.05) is 30.3 Å². The van der Waals surface area contributed by atoms with Gasteiger partial charge in [0, 0.05) is 59.0 Å². The maximum atomic E-state index is 13.5.